The minimum atomic E-state index is -3.78. The highest BCUT2D eigenvalue weighted by atomic mass is 32.2. The van der Waals surface area contributed by atoms with E-state index in [0.717, 1.165) is 19.3 Å². The van der Waals surface area contributed by atoms with Gasteiger partial charge in [-0.15, -0.1) is 0 Å². The second-order valence-electron chi connectivity index (χ2n) is 10.4. The lowest BCUT2D eigenvalue weighted by atomic mass is 9.73. The molecule has 3 fully saturated rings. The maximum absolute atomic E-state index is 13.4. The van der Waals surface area contributed by atoms with Crippen molar-refractivity contribution in [3.05, 3.63) is 9.81 Å². The summed E-state index contributed by atoms with van der Waals surface area (Å²) in [5, 5.41) is 0. The Hall–Kier alpha value is -0.400. The van der Waals surface area contributed by atoms with Gasteiger partial charge in [-0.05, 0) is 84.5 Å². The molecule has 2 saturated carbocycles. The van der Waals surface area contributed by atoms with Gasteiger partial charge in [0.2, 0.25) is 0 Å². The molecule has 0 amide bonds. The Balaban J connectivity index is 1.97. The normalized spacial score (nSPS) is 39.8. The van der Waals surface area contributed by atoms with Crippen LogP contribution < -0.4 is 0 Å². The quantitative estimate of drug-likeness (QED) is 0.709. The molecule has 4 aliphatic rings. The number of ether oxygens (including phenoxy) is 1. The lowest BCUT2D eigenvalue weighted by Gasteiger charge is -2.36. The molecule has 2 aliphatic heterocycles. The molecular weight excluding hydrogens is 372 g/mol. The van der Waals surface area contributed by atoms with Gasteiger partial charge in [-0.25, -0.2) is 16.8 Å². The average Bonchev–Trinajstić information content (AvgIpc) is 3.21. The fourth-order valence-electron chi connectivity index (χ4n) is 5.60. The lowest BCUT2D eigenvalue weighted by Crippen LogP contribution is -2.44. The van der Waals surface area contributed by atoms with Crippen LogP contribution in [0, 0.1) is 23.7 Å². The molecule has 1 saturated heterocycles. The minimum Gasteiger partial charge on any atom is -0.363 e. The summed E-state index contributed by atoms with van der Waals surface area (Å²) in [6.07, 6.45) is 2.18. The Morgan fingerprint density at radius 2 is 1.08 bits per heavy atom. The predicted octanol–water partition coefficient (Wildman–Crippen LogP) is 3.07. The number of hydrogen-bond donors (Lipinski definition) is 0. The number of sulfone groups is 2. The van der Waals surface area contributed by atoms with Gasteiger partial charge in [-0.1, -0.05) is 0 Å². The van der Waals surface area contributed by atoms with E-state index < -0.39 is 41.4 Å². The first-order valence-electron chi connectivity index (χ1n) is 9.58. The van der Waals surface area contributed by atoms with E-state index in [9.17, 15) is 16.8 Å². The molecular formula is C19H30O5S2. The summed E-state index contributed by atoms with van der Waals surface area (Å²) in [5.74, 6) is 1.29. The molecule has 2 heterocycles. The van der Waals surface area contributed by atoms with E-state index in [1.165, 1.54) is 0 Å². The zero-order valence-electron chi connectivity index (χ0n) is 16.4. The third-order valence-electron chi connectivity index (χ3n) is 6.99. The van der Waals surface area contributed by atoms with Gasteiger partial charge >= 0.3 is 0 Å². The zero-order valence-corrected chi connectivity index (χ0v) is 18.1. The molecule has 4 bridgehead atoms. The van der Waals surface area contributed by atoms with Crippen LogP contribution in [-0.4, -0.2) is 38.5 Å². The van der Waals surface area contributed by atoms with Crippen LogP contribution in [0.2, 0.25) is 0 Å². The van der Waals surface area contributed by atoms with Gasteiger partial charge in [0.1, 0.15) is 0 Å². The van der Waals surface area contributed by atoms with Crippen molar-refractivity contribution >= 4 is 19.7 Å². The van der Waals surface area contributed by atoms with Crippen LogP contribution in [0.25, 0.3) is 0 Å². The molecule has 0 aromatic rings. The summed E-state index contributed by atoms with van der Waals surface area (Å²) in [4.78, 5) is 0.164. The van der Waals surface area contributed by atoms with E-state index in [1.807, 2.05) is 0 Å². The SMILES string of the molecule is CC(C)(C)S(=O)(=O)C1=C(S(=O)(=O)C(C)(C)C)[C@@H]2O[C@H]1[C@@H]1[C@@H]3CC[C@@H](C3)[C@@H]12. The molecule has 5 nitrogen and oxygen atoms in total. The Bertz CT molecular complexity index is 811. The first-order valence-corrected chi connectivity index (χ1v) is 12.5. The second-order valence-corrected chi connectivity index (χ2v) is 15.8. The van der Waals surface area contributed by atoms with Crippen LogP contribution >= 0.6 is 0 Å². The van der Waals surface area contributed by atoms with E-state index in [4.69, 9.17) is 4.74 Å². The van der Waals surface area contributed by atoms with E-state index in [2.05, 4.69) is 0 Å². The highest BCUT2D eigenvalue weighted by Crippen LogP contribution is 2.65. The van der Waals surface area contributed by atoms with Crippen molar-refractivity contribution in [3.63, 3.8) is 0 Å². The van der Waals surface area contributed by atoms with Crippen LogP contribution in [0.4, 0.5) is 0 Å². The summed E-state index contributed by atoms with van der Waals surface area (Å²) < 4.78 is 57.8. The van der Waals surface area contributed by atoms with Gasteiger partial charge < -0.3 is 4.74 Å². The summed E-state index contributed by atoms with van der Waals surface area (Å²) in [5.41, 5.74) is 0. The van der Waals surface area contributed by atoms with Crippen LogP contribution in [-0.2, 0) is 24.4 Å². The molecule has 0 spiro atoms. The number of hydrogen-bond acceptors (Lipinski definition) is 5. The summed E-state index contributed by atoms with van der Waals surface area (Å²) in [6, 6.07) is 0. The molecule has 148 valence electrons. The van der Waals surface area contributed by atoms with E-state index in [0.29, 0.717) is 11.8 Å². The molecule has 0 aromatic heterocycles. The maximum Gasteiger partial charge on any atom is 0.183 e. The Labute approximate surface area is 157 Å². The third-order valence-corrected chi connectivity index (χ3v) is 12.4. The largest absolute Gasteiger partial charge is 0.363 e. The molecule has 0 unspecified atom stereocenters. The first kappa shape index (κ1) is 18.9. The van der Waals surface area contributed by atoms with Gasteiger partial charge in [-0.3, -0.25) is 0 Å². The van der Waals surface area contributed by atoms with Crippen LogP contribution in [0.5, 0.6) is 0 Å². The van der Waals surface area contributed by atoms with Gasteiger partial charge in [0.15, 0.2) is 19.7 Å². The molecule has 26 heavy (non-hydrogen) atoms. The summed E-state index contributed by atoms with van der Waals surface area (Å²) in [7, 11) is -7.56. The molecule has 7 heteroatoms. The maximum atomic E-state index is 13.4. The molecule has 0 radical (unpaired) electrons. The minimum absolute atomic E-state index is 0.0822. The molecule has 0 N–H and O–H groups in total. The topological polar surface area (TPSA) is 77.5 Å². The molecule has 4 rings (SSSR count). The van der Waals surface area contributed by atoms with Crippen molar-refractivity contribution in [2.24, 2.45) is 23.7 Å². The zero-order chi connectivity index (χ0) is 19.4. The average molecular weight is 403 g/mol. The lowest BCUT2D eigenvalue weighted by molar-refractivity contribution is 0.0851. The van der Waals surface area contributed by atoms with Gasteiger partial charge in [0.25, 0.3) is 0 Å². The fourth-order valence-corrected chi connectivity index (χ4v) is 9.38. The molecule has 6 atom stereocenters. The van der Waals surface area contributed by atoms with Crippen molar-refractivity contribution in [2.45, 2.75) is 82.5 Å². The highest BCUT2D eigenvalue weighted by molar-refractivity contribution is 8.00. The number of fused-ring (bicyclic) bond motifs is 9. The standard InChI is InChI=1S/C19H30O5S2/c1-18(2,3)25(20,21)16-14-12-10-7-8-11(9-10)13(12)15(24-14)17(16)26(22,23)19(4,5)6/h10-15H,7-9H2,1-6H3/t10-,11+,12-,13+,14+,15-. The Morgan fingerprint density at radius 1 is 0.731 bits per heavy atom. The van der Waals surface area contributed by atoms with Gasteiger partial charge in [0, 0.05) is 0 Å². The second kappa shape index (κ2) is 5.15. The van der Waals surface area contributed by atoms with Crippen molar-refractivity contribution in [1.82, 2.24) is 0 Å². The molecule has 2 aliphatic carbocycles. The first-order chi connectivity index (χ1) is 11.7. The van der Waals surface area contributed by atoms with Crippen LogP contribution in [0.3, 0.4) is 0 Å². The number of rotatable bonds is 2. The fraction of sp³-hybridized carbons (Fsp3) is 0.895. The molecule has 0 aromatic carbocycles. The van der Waals surface area contributed by atoms with Crippen LogP contribution in [0.1, 0.15) is 60.8 Å². The predicted molar refractivity (Wildman–Crippen MR) is 101 cm³/mol. The van der Waals surface area contributed by atoms with E-state index in [-0.39, 0.29) is 21.6 Å². The Kier molecular flexibility index (Phi) is 3.75. The van der Waals surface area contributed by atoms with Crippen LogP contribution in [0.15, 0.2) is 9.81 Å². The van der Waals surface area contributed by atoms with Crippen molar-refractivity contribution in [3.8, 4) is 0 Å². The third kappa shape index (κ3) is 2.17. The van der Waals surface area contributed by atoms with Gasteiger partial charge in [-0.2, -0.15) is 0 Å². The monoisotopic (exact) mass is 402 g/mol. The van der Waals surface area contributed by atoms with Crippen molar-refractivity contribution in [1.29, 1.82) is 0 Å². The van der Waals surface area contributed by atoms with Crippen molar-refractivity contribution in [2.75, 3.05) is 0 Å². The van der Waals surface area contributed by atoms with Crippen molar-refractivity contribution < 1.29 is 21.6 Å². The van der Waals surface area contributed by atoms with E-state index in [1.54, 1.807) is 41.5 Å². The summed E-state index contributed by atoms with van der Waals surface area (Å²) >= 11 is 0. The van der Waals surface area contributed by atoms with Gasteiger partial charge in [0.05, 0.1) is 31.5 Å². The smallest absolute Gasteiger partial charge is 0.183 e. The highest BCUT2D eigenvalue weighted by Gasteiger charge is 2.68. The summed E-state index contributed by atoms with van der Waals surface area (Å²) in [6.45, 7) is 9.84. The Morgan fingerprint density at radius 3 is 1.38 bits per heavy atom. The van der Waals surface area contributed by atoms with E-state index >= 15 is 0 Å².